The molecule has 0 saturated heterocycles. The fourth-order valence-electron chi connectivity index (χ4n) is 1.71. The van der Waals surface area contributed by atoms with Crippen molar-refractivity contribution in [2.24, 2.45) is 5.84 Å². The molecule has 96 valence electrons. The number of nitrogens with one attached hydrogen (secondary N) is 1. The number of unbranched alkanes of at least 4 members (excludes halogenated alkanes) is 2. The Morgan fingerprint density at radius 1 is 1.35 bits per heavy atom. The second-order valence-corrected chi connectivity index (χ2v) is 4.02. The first-order valence-corrected chi connectivity index (χ1v) is 5.81. The summed E-state index contributed by atoms with van der Waals surface area (Å²) in [5.74, 6) is 6.91. The number of hydrogen-bond donors (Lipinski definition) is 3. The van der Waals surface area contributed by atoms with Crippen molar-refractivity contribution in [2.45, 2.75) is 26.2 Å². The van der Waals surface area contributed by atoms with Gasteiger partial charge in [0.1, 0.15) is 18.0 Å². The van der Waals surface area contributed by atoms with Crippen molar-refractivity contribution in [1.29, 1.82) is 0 Å². The maximum Gasteiger partial charge on any atom is 0.148 e. The molecule has 0 radical (unpaired) electrons. The number of rotatable bonds is 7. The summed E-state index contributed by atoms with van der Waals surface area (Å²) in [5, 5.41) is 8.70. The van der Waals surface area contributed by atoms with Crippen molar-refractivity contribution in [3.8, 4) is 0 Å². The van der Waals surface area contributed by atoms with Crippen LogP contribution in [0.3, 0.4) is 0 Å². The minimum atomic E-state index is 0.261. The van der Waals surface area contributed by atoms with Crippen LogP contribution in [0, 0.1) is 6.92 Å². The molecule has 17 heavy (non-hydrogen) atoms. The number of aliphatic hydroxyl groups excluding tert-OH is 1. The van der Waals surface area contributed by atoms with E-state index < -0.39 is 0 Å². The molecule has 0 saturated carbocycles. The van der Waals surface area contributed by atoms with Crippen LogP contribution < -0.4 is 16.2 Å². The minimum absolute atomic E-state index is 0.261. The van der Waals surface area contributed by atoms with Gasteiger partial charge in [0.2, 0.25) is 0 Å². The molecule has 1 aromatic heterocycles. The summed E-state index contributed by atoms with van der Waals surface area (Å²) in [5.41, 5.74) is 3.50. The molecular formula is C11H21N5O. The van der Waals surface area contributed by atoms with E-state index in [1.807, 2.05) is 14.0 Å². The molecule has 0 spiro atoms. The summed E-state index contributed by atoms with van der Waals surface area (Å²) >= 11 is 0. The lowest BCUT2D eigenvalue weighted by molar-refractivity contribution is 0.283. The summed E-state index contributed by atoms with van der Waals surface area (Å²) in [6.07, 6.45) is 4.41. The van der Waals surface area contributed by atoms with Gasteiger partial charge in [-0.25, -0.2) is 15.8 Å². The largest absolute Gasteiger partial charge is 0.396 e. The SMILES string of the molecule is Cc1c(NN)ncnc1N(C)CCCCCO. The van der Waals surface area contributed by atoms with Crippen LogP contribution in [0.25, 0.3) is 0 Å². The van der Waals surface area contributed by atoms with Gasteiger partial charge >= 0.3 is 0 Å². The van der Waals surface area contributed by atoms with Gasteiger partial charge in [0, 0.05) is 25.8 Å². The standard InChI is InChI=1S/C11H21N5O/c1-9-10(15-12)13-8-14-11(9)16(2)6-4-3-5-7-17/h8,17H,3-7,12H2,1-2H3,(H,13,14,15). The van der Waals surface area contributed by atoms with Crippen LogP contribution in [-0.4, -0.2) is 35.3 Å². The Balaban J connectivity index is 2.59. The summed E-state index contributed by atoms with van der Waals surface area (Å²) in [6.45, 7) is 3.11. The zero-order chi connectivity index (χ0) is 12.7. The zero-order valence-electron chi connectivity index (χ0n) is 10.5. The molecule has 0 unspecified atom stereocenters. The maximum absolute atomic E-state index is 8.70. The van der Waals surface area contributed by atoms with Crippen LogP contribution in [0.2, 0.25) is 0 Å². The zero-order valence-corrected chi connectivity index (χ0v) is 10.5. The molecule has 6 nitrogen and oxygen atoms in total. The molecule has 0 fully saturated rings. The van der Waals surface area contributed by atoms with Crippen molar-refractivity contribution in [1.82, 2.24) is 9.97 Å². The van der Waals surface area contributed by atoms with Crippen LogP contribution in [0.15, 0.2) is 6.33 Å². The average molecular weight is 239 g/mol. The number of aliphatic hydroxyl groups is 1. The summed E-state index contributed by atoms with van der Waals surface area (Å²) < 4.78 is 0. The number of nitrogens with zero attached hydrogens (tertiary/aromatic N) is 3. The van der Waals surface area contributed by atoms with Gasteiger partial charge in [-0.3, -0.25) is 0 Å². The lowest BCUT2D eigenvalue weighted by Crippen LogP contribution is -2.22. The fourth-order valence-corrected chi connectivity index (χ4v) is 1.71. The Hall–Kier alpha value is -1.40. The smallest absolute Gasteiger partial charge is 0.148 e. The second kappa shape index (κ2) is 7.03. The minimum Gasteiger partial charge on any atom is -0.396 e. The summed E-state index contributed by atoms with van der Waals surface area (Å²) in [7, 11) is 1.99. The number of hydrogen-bond acceptors (Lipinski definition) is 6. The molecule has 0 amide bonds. The molecule has 1 heterocycles. The lowest BCUT2D eigenvalue weighted by atomic mass is 10.2. The van der Waals surface area contributed by atoms with Crippen LogP contribution >= 0.6 is 0 Å². The third-order valence-electron chi connectivity index (χ3n) is 2.71. The van der Waals surface area contributed by atoms with Gasteiger partial charge in [0.25, 0.3) is 0 Å². The van der Waals surface area contributed by atoms with E-state index in [9.17, 15) is 0 Å². The molecule has 6 heteroatoms. The topological polar surface area (TPSA) is 87.3 Å². The van der Waals surface area contributed by atoms with Gasteiger partial charge < -0.3 is 15.4 Å². The van der Waals surface area contributed by atoms with Crippen molar-refractivity contribution >= 4 is 11.6 Å². The molecular weight excluding hydrogens is 218 g/mol. The molecule has 1 aromatic rings. The third kappa shape index (κ3) is 3.83. The highest BCUT2D eigenvalue weighted by atomic mass is 16.2. The van der Waals surface area contributed by atoms with E-state index in [-0.39, 0.29) is 6.61 Å². The van der Waals surface area contributed by atoms with Crippen LogP contribution in [0.1, 0.15) is 24.8 Å². The highest BCUT2D eigenvalue weighted by Gasteiger charge is 2.09. The summed E-state index contributed by atoms with van der Waals surface area (Å²) in [4.78, 5) is 10.4. The predicted octanol–water partition coefficient (Wildman–Crippen LogP) is 0.669. The van der Waals surface area contributed by atoms with E-state index in [4.69, 9.17) is 10.9 Å². The molecule has 0 bridgehead atoms. The summed E-state index contributed by atoms with van der Waals surface area (Å²) in [6, 6.07) is 0. The van der Waals surface area contributed by atoms with Crippen LogP contribution in [0.5, 0.6) is 0 Å². The molecule has 0 atom stereocenters. The van der Waals surface area contributed by atoms with E-state index in [1.165, 1.54) is 6.33 Å². The van der Waals surface area contributed by atoms with E-state index in [1.54, 1.807) is 0 Å². The van der Waals surface area contributed by atoms with E-state index >= 15 is 0 Å². The molecule has 0 aliphatic rings. The van der Waals surface area contributed by atoms with Crippen molar-refractivity contribution in [3.63, 3.8) is 0 Å². The van der Waals surface area contributed by atoms with Gasteiger partial charge in [0.05, 0.1) is 0 Å². The Bertz CT molecular complexity index is 345. The quantitative estimate of drug-likeness (QED) is 0.368. The van der Waals surface area contributed by atoms with E-state index in [0.29, 0.717) is 5.82 Å². The van der Waals surface area contributed by atoms with Gasteiger partial charge in [0.15, 0.2) is 0 Å². The van der Waals surface area contributed by atoms with E-state index in [0.717, 1.165) is 37.2 Å². The molecule has 0 aromatic carbocycles. The van der Waals surface area contributed by atoms with Gasteiger partial charge in [-0.2, -0.15) is 0 Å². The fraction of sp³-hybridized carbons (Fsp3) is 0.636. The highest BCUT2D eigenvalue weighted by Crippen LogP contribution is 2.20. The van der Waals surface area contributed by atoms with Gasteiger partial charge in [-0.05, 0) is 26.2 Å². The Morgan fingerprint density at radius 3 is 2.76 bits per heavy atom. The normalized spacial score (nSPS) is 10.4. The molecule has 0 aliphatic carbocycles. The average Bonchev–Trinajstić information content (AvgIpc) is 2.34. The highest BCUT2D eigenvalue weighted by molar-refractivity contribution is 5.56. The lowest BCUT2D eigenvalue weighted by Gasteiger charge is -2.20. The maximum atomic E-state index is 8.70. The number of nitrogen functional groups attached to an aromatic ring is 1. The number of anilines is 2. The van der Waals surface area contributed by atoms with Crippen LogP contribution in [-0.2, 0) is 0 Å². The molecule has 4 N–H and O–H groups in total. The van der Waals surface area contributed by atoms with E-state index in [2.05, 4.69) is 20.3 Å². The van der Waals surface area contributed by atoms with Crippen LogP contribution in [0.4, 0.5) is 11.6 Å². The number of hydrazine groups is 1. The first-order valence-electron chi connectivity index (χ1n) is 5.81. The van der Waals surface area contributed by atoms with Crippen molar-refractivity contribution < 1.29 is 5.11 Å². The first kappa shape index (κ1) is 13.7. The number of aromatic nitrogens is 2. The molecule has 0 aliphatic heterocycles. The Labute approximate surface area is 102 Å². The van der Waals surface area contributed by atoms with Crippen molar-refractivity contribution in [3.05, 3.63) is 11.9 Å². The Morgan fingerprint density at radius 2 is 2.12 bits per heavy atom. The molecule has 1 rings (SSSR count). The monoisotopic (exact) mass is 239 g/mol. The number of nitrogens with two attached hydrogens (primary N) is 1. The van der Waals surface area contributed by atoms with Gasteiger partial charge in [-0.1, -0.05) is 0 Å². The second-order valence-electron chi connectivity index (χ2n) is 4.02. The van der Waals surface area contributed by atoms with Gasteiger partial charge in [-0.15, -0.1) is 0 Å². The predicted molar refractivity (Wildman–Crippen MR) is 68.8 cm³/mol. The first-order chi connectivity index (χ1) is 8.20. The van der Waals surface area contributed by atoms with Crippen molar-refractivity contribution in [2.75, 3.05) is 30.5 Å². The Kier molecular flexibility index (Phi) is 5.65. The third-order valence-corrected chi connectivity index (χ3v) is 2.71.